The Morgan fingerprint density at radius 1 is 1.45 bits per heavy atom. The quantitative estimate of drug-likeness (QED) is 0.686. The van der Waals surface area contributed by atoms with Gasteiger partial charge in [-0.2, -0.15) is 0 Å². The molecule has 0 saturated heterocycles. The smallest absolute Gasteiger partial charge is 0.268 e. The number of carbonyl (C=O) groups excluding carboxylic acids is 1. The van der Waals surface area contributed by atoms with E-state index in [9.17, 15) is 4.79 Å². The highest BCUT2D eigenvalue weighted by Gasteiger charge is 2.11. The number of carbonyl (C=O) groups is 1. The molecule has 3 N–H and O–H groups in total. The Bertz CT molecular complexity index is 713. The number of imidazole rings is 1. The van der Waals surface area contributed by atoms with Crippen LogP contribution in [-0.4, -0.2) is 25.8 Å². The van der Waals surface area contributed by atoms with Crippen LogP contribution in [0.15, 0.2) is 30.2 Å². The monoisotopic (exact) mass is 287 g/mol. The molecule has 0 saturated carbocycles. The van der Waals surface area contributed by atoms with Crippen molar-refractivity contribution in [3.8, 4) is 11.3 Å². The number of nitrogens with zero attached hydrogens (tertiary/aromatic N) is 2. The van der Waals surface area contributed by atoms with Crippen molar-refractivity contribution in [2.24, 2.45) is 0 Å². The Kier molecular flexibility index (Phi) is 3.34. The molecule has 3 heterocycles. The fourth-order valence-electron chi connectivity index (χ4n) is 1.82. The highest BCUT2D eigenvalue weighted by atomic mass is 32.1. The zero-order chi connectivity index (χ0) is 13.9. The highest BCUT2D eigenvalue weighted by molar-refractivity contribution is 7.09. The predicted octanol–water partition coefficient (Wildman–Crippen LogP) is 2.10. The molecule has 0 aromatic carbocycles. The van der Waals surface area contributed by atoms with Crippen molar-refractivity contribution >= 4 is 17.2 Å². The van der Waals surface area contributed by atoms with Crippen LogP contribution >= 0.6 is 11.3 Å². The summed E-state index contributed by atoms with van der Waals surface area (Å²) in [4.78, 5) is 26.2. The van der Waals surface area contributed by atoms with Gasteiger partial charge in [-0.3, -0.25) is 4.79 Å². The van der Waals surface area contributed by atoms with Crippen molar-refractivity contribution < 1.29 is 4.79 Å². The van der Waals surface area contributed by atoms with Gasteiger partial charge in [0.05, 0.1) is 29.3 Å². The number of aromatic nitrogens is 4. The van der Waals surface area contributed by atoms with Crippen molar-refractivity contribution in [1.82, 2.24) is 25.3 Å². The van der Waals surface area contributed by atoms with Crippen LogP contribution in [0.1, 0.15) is 21.2 Å². The Hall–Kier alpha value is -2.41. The molecule has 0 atom stereocenters. The summed E-state index contributed by atoms with van der Waals surface area (Å²) in [5.74, 6) is -0.155. The van der Waals surface area contributed by atoms with Gasteiger partial charge < -0.3 is 15.3 Å². The maximum absolute atomic E-state index is 12.0. The van der Waals surface area contributed by atoms with E-state index in [4.69, 9.17) is 0 Å². The molecule has 1 amide bonds. The maximum Gasteiger partial charge on any atom is 0.268 e. The van der Waals surface area contributed by atoms with E-state index >= 15 is 0 Å². The summed E-state index contributed by atoms with van der Waals surface area (Å²) < 4.78 is 0. The molecular formula is C13H13N5OS. The van der Waals surface area contributed by atoms with Gasteiger partial charge in [0.25, 0.3) is 5.91 Å². The molecule has 20 heavy (non-hydrogen) atoms. The van der Waals surface area contributed by atoms with Crippen molar-refractivity contribution in [2.45, 2.75) is 13.5 Å². The minimum absolute atomic E-state index is 0.155. The van der Waals surface area contributed by atoms with E-state index in [1.54, 1.807) is 36.1 Å². The average Bonchev–Trinajstić information content (AvgIpc) is 3.16. The lowest BCUT2D eigenvalue weighted by molar-refractivity contribution is 0.0946. The van der Waals surface area contributed by atoms with Crippen LogP contribution in [0.25, 0.3) is 11.3 Å². The highest BCUT2D eigenvalue weighted by Crippen LogP contribution is 2.22. The van der Waals surface area contributed by atoms with E-state index in [0.717, 1.165) is 22.0 Å². The third-order valence-electron chi connectivity index (χ3n) is 2.84. The number of amides is 1. The molecule has 0 spiro atoms. The summed E-state index contributed by atoms with van der Waals surface area (Å²) in [5, 5.41) is 5.80. The standard InChI is InChI=1S/C13H13N5OS/c1-8-18-12(6-20-8)9-2-11(15-3-9)13(19)16-5-10-4-14-7-17-10/h2-4,6-7,15H,5H2,1H3,(H,14,17)(H,16,19). The lowest BCUT2D eigenvalue weighted by atomic mass is 10.2. The molecule has 3 aromatic rings. The Balaban J connectivity index is 1.68. The molecule has 0 unspecified atom stereocenters. The van der Waals surface area contributed by atoms with Crippen LogP contribution in [0.3, 0.4) is 0 Å². The number of nitrogens with one attached hydrogen (secondary N) is 3. The average molecular weight is 287 g/mol. The number of H-pyrrole nitrogens is 2. The fourth-order valence-corrected chi connectivity index (χ4v) is 2.44. The fraction of sp³-hybridized carbons (Fsp3) is 0.154. The molecule has 3 rings (SSSR count). The molecule has 0 radical (unpaired) electrons. The summed E-state index contributed by atoms with van der Waals surface area (Å²) in [6.07, 6.45) is 5.05. The number of hydrogen-bond acceptors (Lipinski definition) is 4. The van der Waals surface area contributed by atoms with Crippen LogP contribution in [0.5, 0.6) is 0 Å². The zero-order valence-electron chi connectivity index (χ0n) is 10.8. The number of aromatic amines is 2. The van der Waals surface area contributed by atoms with Crippen molar-refractivity contribution in [2.75, 3.05) is 0 Å². The third-order valence-corrected chi connectivity index (χ3v) is 3.61. The van der Waals surface area contributed by atoms with E-state index in [-0.39, 0.29) is 5.91 Å². The Morgan fingerprint density at radius 3 is 3.05 bits per heavy atom. The van der Waals surface area contributed by atoms with Crippen LogP contribution < -0.4 is 5.32 Å². The summed E-state index contributed by atoms with van der Waals surface area (Å²) >= 11 is 1.59. The van der Waals surface area contributed by atoms with Crippen molar-refractivity contribution in [1.29, 1.82) is 0 Å². The largest absolute Gasteiger partial charge is 0.357 e. The van der Waals surface area contributed by atoms with E-state index in [0.29, 0.717) is 12.2 Å². The van der Waals surface area contributed by atoms with Gasteiger partial charge in [-0.25, -0.2) is 9.97 Å². The van der Waals surface area contributed by atoms with Crippen molar-refractivity contribution in [3.05, 3.63) is 46.6 Å². The second-order valence-electron chi connectivity index (χ2n) is 4.31. The molecular weight excluding hydrogens is 274 g/mol. The summed E-state index contributed by atoms with van der Waals surface area (Å²) in [5.41, 5.74) is 3.18. The zero-order valence-corrected chi connectivity index (χ0v) is 11.6. The molecule has 0 aliphatic rings. The van der Waals surface area contributed by atoms with Crippen LogP contribution in [0.4, 0.5) is 0 Å². The molecule has 6 nitrogen and oxygen atoms in total. The molecule has 0 aliphatic heterocycles. The van der Waals surface area contributed by atoms with Gasteiger partial charge in [-0.1, -0.05) is 0 Å². The van der Waals surface area contributed by atoms with Crippen molar-refractivity contribution in [3.63, 3.8) is 0 Å². The second-order valence-corrected chi connectivity index (χ2v) is 5.38. The topological polar surface area (TPSA) is 86.5 Å². The molecule has 0 bridgehead atoms. The lowest BCUT2D eigenvalue weighted by Gasteiger charge is -2.00. The van der Waals surface area contributed by atoms with Gasteiger partial charge in [0, 0.05) is 23.3 Å². The van der Waals surface area contributed by atoms with E-state index in [2.05, 4.69) is 25.3 Å². The molecule has 3 aromatic heterocycles. The first-order valence-electron chi connectivity index (χ1n) is 6.09. The normalized spacial score (nSPS) is 10.7. The van der Waals surface area contributed by atoms with Gasteiger partial charge in [-0.15, -0.1) is 11.3 Å². The van der Waals surface area contributed by atoms with Gasteiger partial charge in [-0.05, 0) is 13.0 Å². The third kappa shape index (κ3) is 2.62. The Labute approximate surface area is 119 Å². The van der Waals surface area contributed by atoms with Gasteiger partial charge >= 0.3 is 0 Å². The van der Waals surface area contributed by atoms with Gasteiger partial charge in [0.1, 0.15) is 5.69 Å². The van der Waals surface area contributed by atoms with Gasteiger partial charge in [0.2, 0.25) is 0 Å². The molecule has 0 aliphatic carbocycles. The number of thiazole rings is 1. The van der Waals surface area contributed by atoms with Gasteiger partial charge in [0.15, 0.2) is 0 Å². The molecule has 102 valence electrons. The SMILES string of the molecule is Cc1nc(-c2c[nH]c(C(=O)NCc3cnc[nH]3)c2)cs1. The van der Waals surface area contributed by atoms with Crippen LogP contribution in [0.2, 0.25) is 0 Å². The summed E-state index contributed by atoms with van der Waals surface area (Å²) in [7, 11) is 0. The second kappa shape index (κ2) is 5.30. The summed E-state index contributed by atoms with van der Waals surface area (Å²) in [6, 6.07) is 1.80. The van der Waals surface area contributed by atoms with Crippen LogP contribution in [-0.2, 0) is 6.54 Å². The minimum atomic E-state index is -0.155. The van der Waals surface area contributed by atoms with E-state index in [1.807, 2.05) is 12.3 Å². The van der Waals surface area contributed by atoms with Crippen LogP contribution in [0, 0.1) is 6.92 Å². The maximum atomic E-state index is 12.0. The van der Waals surface area contributed by atoms with E-state index in [1.165, 1.54) is 0 Å². The Morgan fingerprint density at radius 2 is 2.35 bits per heavy atom. The number of hydrogen-bond donors (Lipinski definition) is 3. The lowest BCUT2D eigenvalue weighted by Crippen LogP contribution is -2.23. The first-order chi connectivity index (χ1) is 9.72. The number of aryl methyl sites for hydroxylation is 1. The minimum Gasteiger partial charge on any atom is -0.357 e. The molecule has 7 heteroatoms. The first-order valence-corrected chi connectivity index (χ1v) is 6.97. The number of rotatable bonds is 4. The first kappa shape index (κ1) is 12.6. The predicted molar refractivity (Wildman–Crippen MR) is 76.4 cm³/mol. The summed E-state index contributed by atoms with van der Waals surface area (Å²) in [6.45, 7) is 2.38. The van der Waals surface area contributed by atoms with E-state index < -0.39 is 0 Å². The molecule has 0 fully saturated rings.